The van der Waals surface area contributed by atoms with Crippen LogP contribution >= 0.6 is 0 Å². The Morgan fingerprint density at radius 1 is 1.13 bits per heavy atom. The molecule has 1 atom stereocenters. The first kappa shape index (κ1) is 19.9. The maximum absolute atomic E-state index is 13.0. The number of aromatic nitrogens is 2. The lowest BCUT2D eigenvalue weighted by Gasteiger charge is -2.49. The lowest BCUT2D eigenvalue weighted by atomic mass is 9.82. The van der Waals surface area contributed by atoms with E-state index in [2.05, 4.69) is 10.1 Å². The van der Waals surface area contributed by atoms with Crippen LogP contribution in [0.5, 0.6) is 0 Å². The minimum atomic E-state index is -3.37. The molecule has 2 fully saturated rings. The molecule has 1 aromatic heterocycles. The van der Waals surface area contributed by atoms with Crippen molar-refractivity contribution in [3.63, 3.8) is 0 Å². The fourth-order valence-corrected chi connectivity index (χ4v) is 6.88. The maximum Gasteiger partial charge on any atom is 0.231 e. The van der Waals surface area contributed by atoms with Gasteiger partial charge < -0.3 is 9.42 Å². The molecular weight excluding hydrogens is 414 g/mol. The van der Waals surface area contributed by atoms with Gasteiger partial charge in [-0.25, -0.2) is 8.42 Å². The number of sulfone groups is 1. The van der Waals surface area contributed by atoms with Gasteiger partial charge in [0.15, 0.2) is 9.84 Å². The average Bonchev–Trinajstić information content (AvgIpc) is 3.31. The van der Waals surface area contributed by atoms with Crippen LogP contribution in [0.25, 0.3) is 11.4 Å². The van der Waals surface area contributed by atoms with Gasteiger partial charge in [0.2, 0.25) is 17.6 Å². The van der Waals surface area contributed by atoms with Gasteiger partial charge in [-0.3, -0.25) is 4.79 Å². The number of benzene rings is 2. The highest BCUT2D eigenvalue weighted by Gasteiger charge is 2.64. The summed E-state index contributed by atoms with van der Waals surface area (Å²) in [4.78, 5) is 18.9. The molecule has 5 rings (SSSR count). The van der Waals surface area contributed by atoms with Gasteiger partial charge in [-0.2, -0.15) is 4.98 Å². The highest BCUT2D eigenvalue weighted by Crippen LogP contribution is 2.49. The van der Waals surface area contributed by atoms with E-state index in [0.717, 1.165) is 16.7 Å². The summed E-state index contributed by atoms with van der Waals surface area (Å²) in [6.07, 6.45) is 0.693. The van der Waals surface area contributed by atoms with Gasteiger partial charge in [-0.1, -0.05) is 65.3 Å². The molecule has 0 bridgehead atoms. The summed E-state index contributed by atoms with van der Waals surface area (Å²) in [5.41, 5.74) is 2.87. The van der Waals surface area contributed by atoms with Crippen molar-refractivity contribution in [2.45, 2.75) is 30.4 Å². The highest BCUT2D eigenvalue weighted by atomic mass is 32.2. The molecule has 3 heterocycles. The molecule has 7 nitrogen and oxygen atoms in total. The van der Waals surface area contributed by atoms with Crippen molar-refractivity contribution in [2.75, 3.05) is 18.8 Å². The molecule has 8 heteroatoms. The molecule has 2 saturated heterocycles. The molecule has 1 amide bonds. The monoisotopic (exact) mass is 437 g/mol. The molecule has 160 valence electrons. The van der Waals surface area contributed by atoms with Crippen molar-refractivity contribution >= 4 is 15.7 Å². The lowest BCUT2D eigenvalue weighted by Crippen LogP contribution is -2.67. The van der Waals surface area contributed by atoms with Gasteiger partial charge in [0.1, 0.15) is 4.75 Å². The Morgan fingerprint density at radius 3 is 2.55 bits per heavy atom. The number of aryl methyl sites for hydroxylation is 1. The first-order chi connectivity index (χ1) is 14.9. The second-order valence-corrected chi connectivity index (χ2v) is 10.9. The van der Waals surface area contributed by atoms with E-state index in [0.29, 0.717) is 18.1 Å². The van der Waals surface area contributed by atoms with Gasteiger partial charge >= 0.3 is 0 Å². The fourth-order valence-electron chi connectivity index (χ4n) is 4.57. The smallest absolute Gasteiger partial charge is 0.231 e. The summed E-state index contributed by atoms with van der Waals surface area (Å²) < 4.78 is 30.4. The number of nitrogens with zero attached hydrogens (tertiary/aromatic N) is 3. The van der Waals surface area contributed by atoms with Crippen LogP contribution in [-0.4, -0.2) is 53.0 Å². The lowest BCUT2D eigenvalue weighted by molar-refractivity contribution is -0.136. The Bertz CT molecular complexity index is 1210. The average molecular weight is 438 g/mol. The van der Waals surface area contributed by atoms with Crippen molar-refractivity contribution in [2.24, 2.45) is 0 Å². The van der Waals surface area contributed by atoms with E-state index in [1.807, 2.05) is 61.5 Å². The first-order valence-corrected chi connectivity index (χ1v) is 12.0. The van der Waals surface area contributed by atoms with E-state index >= 15 is 0 Å². The normalized spacial score (nSPS) is 21.2. The van der Waals surface area contributed by atoms with Crippen LogP contribution in [0.2, 0.25) is 0 Å². The predicted molar refractivity (Wildman–Crippen MR) is 115 cm³/mol. The number of carbonyl (C=O) groups is 1. The predicted octanol–water partition coefficient (Wildman–Crippen LogP) is 2.77. The van der Waals surface area contributed by atoms with Gasteiger partial charge in [0, 0.05) is 18.7 Å². The third kappa shape index (κ3) is 3.35. The molecular formula is C23H23N3O4S. The quantitative estimate of drug-likeness (QED) is 0.623. The second kappa shape index (κ2) is 7.30. The first-order valence-electron chi connectivity index (χ1n) is 10.3. The van der Waals surface area contributed by atoms with Crippen molar-refractivity contribution in [3.05, 3.63) is 71.6 Å². The van der Waals surface area contributed by atoms with Gasteiger partial charge in [-0.05, 0) is 18.9 Å². The van der Waals surface area contributed by atoms with Gasteiger partial charge in [0.25, 0.3) is 0 Å². The summed E-state index contributed by atoms with van der Waals surface area (Å²) in [5, 5.41) is 4.06. The van der Waals surface area contributed by atoms with Crippen molar-refractivity contribution < 1.29 is 17.7 Å². The largest absolute Gasteiger partial charge is 0.339 e. The summed E-state index contributed by atoms with van der Waals surface area (Å²) in [6.45, 7) is 2.35. The Kier molecular flexibility index (Phi) is 4.69. The fraction of sp³-hybridized carbons (Fsp3) is 0.348. The van der Waals surface area contributed by atoms with E-state index in [1.165, 1.54) is 0 Å². The standard InChI is InChI=1S/C23H23N3O4S/c1-16-7-9-17(10-8-16)13-20(27)26-14-23(15-26)19(11-12-31(23,28)29)22-24-21(25-30-22)18-5-3-2-4-6-18/h2-10,19H,11-15H2,1H3. The molecule has 0 radical (unpaired) electrons. The number of rotatable bonds is 4. The number of likely N-dealkylation sites (tertiary alicyclic amines) is 1. The number of hydrogen-bond acceptors (Lipinski definition) is 6. The van der Waals surface area contributed by atoms with Crippen LogP contribution in [0.1, 0.15) is 29.4 Å². The molecule has 0 N–H and O–H groups in total. The van der Waals surface area contributed by atoms with Crippen LogP contribution in [0.15, 0.2) is 59.1 Å². The third-order valence-electron chi connectivity index (χ3n) is 6.45. The minimum Gasteiger partial charge on any atom is -0.339 e. The SMILES string of the molecule is Cc1ccc(CC(=O)N2CC3(C2)C(c2nc(-c4ccccc4)no2)CCS3(=O)=O)cc1. The van der Waals surface area contributed by atoms with Crippen molar-refractivity contribution in [1.29, 1.82) is 0 Å². The molecule has 1 unspecified atom stereocenters. The number of amides is 1. The van der Waals surface area contributed by atoms with Crippen molar-refractivity contribution in [3.8, 4) is 11.4 Å². The van der Waals surface area contributed by atoms with Gasteiger partial charge in [-0.15, -0.1) is 0 Å². The third-order valence-corrected chi connectivity index (χ3v) is 9.00. The zero-order chi connectivity index (χ0) is 21.6. The molecule has 3 aromatic rings. The van der Waals surface area contributed by atoms with E-state index in [9.17, 15) is 13.2 Å². The van der Waals surface area contributed by atoms with Crippen LogP contribution in [-0.2, 0) is 21.1 Å². The molecule has 0 aliphatic carbocycles. The van der Waals surface area contributed by atoms with E-state index in [4.69, 9.17) is 4.52 Å². The van der Waals surface area contributed by atoms with Crippen LogP contribution in [0, 0.1) is 6.92 Å². The molecule has 2 aliphatic heterocycles. The molecule has 2 aliphatic rings. The Morgan fingerprint density at radius 2 is 1.84 bits per heavy atom. The van der Waals surface area contributed by atoms with Crippen molar-refractivity contribution in [1.82, 2.24) is 15.0 Å². The van der Waals surface area contributed by atoms with Crippen LogP contribution < -0.4 is 0 Å². The zero-order valence-electron chi connectivity index (χ0n) is 17.2. The summed E-state index contributed by atoms with van der Waals surface area (Å²) in [5.74, 6) is 0.393. The Hall–Kier alpha value is -3.00. The maximum atomic E-state index is 13.0. The summed E-state index contributed by atoms with van der Waals surface area (Å²) in [6, 6.07) is 17.2. The Balaban J connectivity index is 1.35. The second-order valence-electron chi connectivity index (χ2n) is 8.46. The molecule has 31 heavy (non-hydrogen) atoms. The van der Waals surface area contributed by atoms with Gasteiger partial charge in [0.05, 0.1) is 18.1 Å². The van der Waals surface area contributed by atoms with E-state index in [1.54, 1.807) is 4.90 Å². The zero-order valence-corrected chi connectivity index (χ0v) is 18.0. The van der Waals surface area contributed by atoms with E-state index < -0.39 is 20.5 Å². The number of hydrogen-bond donors (Lipinski definition) is 0. The Labute approximate surface area is 181 Å². The van der Waals surface area contributed by atoms with Crippen LogP contribution in [0.3, 0.4) is 0 Å². The van der Waals surface area contributed by atoms with Crippen LogP contribution in [0.4, 0.5) is 0 Å². The van der Waals surface area contributed by atoms with E-state index in [-0.39, 0.29) is 31.2 Å². The summed E-state index contributed by atoms with van der Waals surface area (Å²) >= 11 is 0. The number of carbonyl (C=O) groups excluding carboxylic acids is 1. The topological polar surface area (TPSA) is 93.4 Å². The molecule has 2 aromatic carbocycles. The minimum absolute atomic E-state index is 0.0640. The highest BCUT2D eigenvalue weighted by molar-refractivity contribution is 7.93. The summed E-state index contributed by atoms with van der Waals surface area (Å²) in [7, 11) is -3.37. The molecule has 0 saturated carbocycles. The molecule has 1 spiro atoms.